The van der Waals surface area contributed by atoms with Crippen LogP contribution in [0, 0.1) is 28.6 Å². The van der Waals surface area contributed by atoms with Crippen molar-refractivity contribution in [2.45, 2.75) is 93.1 Å². The molecule has 4 bridgehead atoms. The van der Waals surface area contributed by atoms with Gasteiger partial charge in [-0.1, -0.05) is 53.7 Å². The molecule has 5 rings (SSSR count). The molecule has 0 aliphatic heterocycles. The topological polar surface area (TPSA) is 49.7 Å². The molecule has 5 unspecified atom stereocenters. The Morgan fingerprint density at radius 2 is 1.81 bits per heavy atom. The van der Waals surface area contributed by atoms with Crippen LogP contribution < -0.4 is 0 Å². The molecule has 0 heterocycles. The average molecular weight is 383 g/mol. The second-order valence-electron chi connectivity index (χ2n) is 9.38. The fourth-order valence-corrected chi connectivity index (χ4v) is 5.83. The summed E-state index contributed by atoms with van der Waals surface area (Å²) >= 11 is 0. The quantitative estimate of drug-likeness (QED) is 0.609. The van der Waals surface area contributed by atoms with Crippen LogP contribution in [0.2, 0.25) is 0 Å². The Balaban J connectivity index is 0.000000239. The Morgan fingerprint density at radius 3 is 2.26 bits per heavy atom. The Bertz CT molecular complexity index is 470. The summed E-state index contributed by atoms with van der Waals surface area (Å²) in [6.45, 7) is 12.1. The van der Waals surface area contributed by atoms with Crippen molar-refractivity contribution in [1.82, 2.24) is 0 Å². The van der Waals surface area contributed by atoms with E-state index in [4.69, 9.17) is 14.9 Å². The van der Waals surface area contributed by atoms with Crippen molar-refractivity contribution in [2.24, 2.45) is 28.6 Å². The van der Waals surface area contributed by atoms with Gasteiger partial charge in [0.15, 0.2) is 0 Å². The standard InChI is InChI=1S/C11H18O.C10H18O2.C2H6.CH4/c1-11(2)9-4-3-8(5-6-12)10(11)7-9;1-10-3-2-8(7-10)6-9(10)12-5-4-11;1-2;/h3,9-10,12H,4-7H2,1-2H3;8-9,11H,2-7H2,1H3;1-2H3;1H4. The highest BCUT2D eigenvalue weighted by atomic mass is 16.5. The third-order valence-electron chi connectivity index (χ3n) is 7.60. The van der Waals surface area contributed by atoms with Crippen LogP contribution in [-0.2, 0) is 4.74 Å². The summed E-state index contributed by atoms with van der Waals surface area (Å²) < 4.78 is 5.64. The minimum atomic E-state index is 0. The van der Waals surface area contributed by atoms with Crippen molar-refractivity contribution >= 4 is 0 Å². The minimum Gasteiger partial charge on any atom is -0.396 e. The normalized spacial score (nSPS) is 36.9. The first-order valence-electron chi connectivity index (χ1n) is 10.9. The number of rotatable bonds is 5. The van der Waals surface area contributed by atoms with Gasteiger partial charge in [0.1, 0.15) is 0 Å². The largest absolute Gasteiger partial charge is 0.396 e. The number of aliphatic hydroxyl groups is 2. The van der Waals surface area contributed by atoms with Gasteiger partial charge in [-0.25, -0.2) is 0 Å². The third-order valence-corrected chi connectivity index (χ3v) is 7.60. The lowest BCUT2D eigenvalue weighted by Gasteiger charge is -2.56. The van der Waals surface area contributed by atoms with Crippen LogP contribution in [0.25, 0.3) is 0 Å². The number of hydrogen-bond acceptors (Lipinski definition) is 3. The molecule has 160 valence electrons. The summed E-state index contributed by atoms with van der Waals surface area (Å²) in [7, 11) is 0. The summed E-state index contributed by atoms with van der Waals surface area (Å²) in [5, 5.41) is 17.5. The number of hydrogen-bond donors (Lipinski definition) is 2. The van der Waals surface area contributed by atoms with Gasteiger partial charge in [0.2, 0.25) is 0 Å². The molecule has 5 aliphatic rings. The molecule has 3 nitrogen and oxygen atoms in total. The van der Waals surface area contributed by atoms with E-state index in [-0.39, 0.29) is 14.0 Å². The predicted molar refractivity (Wildman–Crippen MR) is 115 cm³/mol. The van der Waals surface area contributed by atoms with E-state index in [1.807, 2.05) is 13.8 Å². The van der Waals surface area contributed by atoms with E-state index in [1.165, 1.54) is 44.1 Å². The van der Waals surface area contributed by atoms with Gasteiger partial charge >= 0.3 is 0 Å². The minimum absolute atomic E-state index is 0. The molecule has 3 heteroatoms. The second kappa shape index (κ2) is 10.4. The molecule has 0 radical (unpaired) electrons. The van der Waals surface area contributed by atoms with Gasteiger partial charge in [-0.3, -0.25) is 0 Å². The summed E-state index contributed by atoms with van der Waals surface area (Å²) in [4.78, 5) is 0. The van der Waals surface area contributed by atoms with Crippen molar-refractivity contribution in [2.75, 3.05) is 19.8 Å². The first kappa shape index (κ1) is 24.7. The van der Waals surface area contributed by atoms with E-state index < -0.39 is 0 Å². The van der Waals surface area contributed by atoms with Crippen LogP contribution in [0.15, 0.2) is 11.6 Å². The second-order valence-corrected chi connectivity index (χ2v) is 9.38. The molecule has 5 atom stereocenters. The molecule has 2 N–H and O–H groups in total. The zero-order valence-corrected chi connectivity index (χ0v) is 17.8. The lowest BCUT2D eigenvalue weighted by atomic mass is 9.48. The molecule has 0 aromatic carbocycles. The number of ether oxygens (including phenoxy) is 1. The average Bonchev–Trinajstić information content (AvgIpc) is 3.17. The van der Waals surface area contributed by atoms with Crippen LogP contribution in [0.5, 0.6) is 0 Å². The van der Waals surface area contributed by atoms with E-state index in [2.05, 4.69) is 26.8 Å². The first-order chi connectivity index (χ1) is 12.4. The molecule has 5 aliphatic carbocycles. The molecule has 0 aromatic rings. The van der Waals surface area contributed by atoms with E-state index in [0.29, 0.717) is 30.1 Å². The molecule has 0 amide bonds. The van der Waals surface area contributed by atoms with Gasteiger partial charge in [-0.15, -0.1) is 0 Å². The molecule has 3 saturated carbocycles. The molecule has 0 saturated heterocycles. The SMILES string of the molecule is C.CC.CC1(C)C2CC=C(CCO)C1C2.CC12CCC(CC1OCCO)C2. The van der Waals surface area contributed by atoms with Crippen molar-refractivity contribution < 1.29 is 14.9 Å². The zero-order chi connectivity index (χ0) is 19.4. The maximum absolute atomic E-state index is 8.88. The Morgan fingerprint density at radius 1 is 1.11 bits per heavy atom. The Labute approximate surface area is 168 Å². The van der Waals surface area contributed by atoms with Crippen LogP contribution >= 0.6 is 0 Å². The van der Waals surface area contributed by atoms with Crippen molar-refractivity contribution in [3.05, 3.63) is 11.6 Å². The molecule has 3 fully saturated rings. The van der Waals surface area contributed by atoms with Gasteiger partial charge < -0.3 is 14.9 Å². The monoisotopic (exact) mass is 382 g/mol. The zero-order valence-electron chi connectivity index (χ0n) is 17.8. The van der Waals surface area contributed by atoms with Crippen LogP contribution in [0.1, 0.15) is 87.0 Å². The van der Waals surface area contributed by atoms with E-state index in [9.17, 15) is 0 Å². The van der Waals surface area contributed by atoms with Gasteiger partial charge in [0.05, 0.1) is 19.3 Å². The van der Waals surface area contributed by atoms with Crippen molar-refractivity contribution in [3.63, 3.8) is 0 Å². The molecule has 0 aromatic heterocycles. The third kappa shape index (κ3) is 5.16. The van der Waals surface area contributed by atoms with E-state index in [0.717, 1.165) is 24.2 Å². The Hall–Kier alpha value is -0.380. The fourth-order valence-electron chi connectivity index (χ4n) is 5.83. The molecule has 27 heavy (non-hydrogen) atoms. The highest BCUT2D eigenvalue weighted by molar-refractivity contribution is 5.23. The maximum Gasteiger partial charge on any atom is 0.0701 e. The highest BCUT2D eigenvalue weighted by Gasteiger charge is 2.51. The summed E-state index contributed by atoms with van der Waals surface area (Å²) in [5.74, 6) is 2.62. The predicted octanol–water partition coefficient (Wildman–Crippen LogP) is 5.60. The van der Waals surface area contributed by atoms with Crippen molar-refractivity contribution in [3.8, 4) is 0 Å². The van der Waals surface area contributed by atoms with Gasteiger partial charge in [0.25, 0.3) is 0 Å². The number of fused-ring (bicyclic) bond motifs is 3. The number of allylic oxidation sites excluding steroid dienone is 1. The smallest absolute Gasteiger partial charge is 0.0701 e. The van der Waals surface area contributed by atoms with Crippen molar-refractivity contribution in [1.29, 1.82) is 0 Å². The Kier molecular flexibility index (Phi) is 9.51. The van der Waals surface area contributed by atoms with Crippen LogP contribution in [0.3, 0.4) is 0 Å². The van der Waals surface area contributed by atoms with E-state index >= 15 is 0 Å². The van der Waals surface area contributed by atoms with Crippen LogP contribution in [0.4, 0.5) is 0 Å². The fraction of sp³-hybridized carbons (Fsp3) is 0.917. The molecular weight excluding hydrogens is 336 g/mol. The van der Waals surface area contributed by atoms with Gasteiger partial charge in [0, 0.05) is 6.61 Å². The summed E-state index contributed by atoms with van der Waals surface area (Å²) in [6, 6.07) is 0. The number of aliphatic hydroxyl groups excluding tert-OH is 2. The summed E-state index contributed by atoms with van der Waals surface area (Å²) in [6.07, 6.45) is 11.6. The highest BCUT2D eigenvalue weighted by Crippen LogP contribution is 2.59. The van der Waals surface area contributed by atoms with E-state index in [1.54, 1.807) is 0 Å². The van der Waals surface area contributed by atoms with Gasteiger partial charge in [-0.2, -0.15) is 0 Å². The molecule has 0 spiro atoms. The first-order valence-corrected chi connectivity index (χ1v) is 10.9. The lowest BCUT2D eigenvalue weighted by Crippen LogP contribution is -2.48. The lowest BCUT2D eigenvalue weighted by molar-refractivity contribution is -0.0358. The summed E-state index contributed by atoms with van der Waals surface area (Å²) in [5.41, 5.74) is 2.49. The molecular formula is C24H46O3. The van der Waals surface area contributed by atoms with Gasteiger partial charge in [-0.05, 0) is 73.5 Å². The maximum atomic E-state index is 8.88. The van der Waals surface area contributed by atoms with Crippen LogP contribution in [-0.4, -0.2) is 36.1 Å².